The van der Waals surface area contributed by atoms with Gasteiger partial charge in [0.2, 0.25) is 11.8 Å². The summed E-state index contributed by atoms with van der Waals surface area (Å²) in [4.78, 5) is 24.3. The zero-order valence-electron chi connectivity index (χ0n) is 19.4. The SMILES string of the molecule is CCOc1cc(C=NNC(=O)CC(=O)Nc2ccccc2CC)ccc1OCc1ccccc1. The highest BCUT2D eigenvalue weighted by Crippen LogP contribution is 2.29. The van der Waals surface area contributed by atoms with Gasteiger partial charge in [0.05, 0.1) is 12.8 Å². The summed E-state index contributed by atoms with van der Waals surface area (Å²) < 4.78 is 11.6. The third kappa shape index (κ3) is 7.48. The van der Waals surface area contributed by atoms with Gasteiger partial charge in [-0.05, 0) is 54.3 Å². The van der Waals surface area contributed by atoms with Gasteiger partial charge in [0.15, 0.2) is 11.5 Å². The zero-order chi connectivity index (χ0) is 24.2. The van der Waals surface area contributed by atoms with E-state index >= 15 is 0 Å². The number of hydrogen-bond acceptors (Lipinski definition) is 5. The Bertz CT molecular complexity index is 1130. The molecule has 0 aliphatic rings. The van der Waals surface area contributed by atoms with E-state index in [9.17, 15) is 9.59 Å². The molecule has 176 valence electrons. The van der Waals surface area contributed by atoms with Gasteiger partial charge in [-0.2, -0.15) is 5.10 Å². The standard InChI is InChI=1S/C27H29N3O4/c1-3-22-12-8-9-13-23(22)29-26(31)17-27(32)30-28-18-21-14-15-24(25(16-21)33-4-2)34-19-20-10-6-5-7-11-20/h5-16,18H,3-4,17,19H2,1-2H3,(H,29,31)(H,30,32). The van der Waals surface area contributed by atoms with Gasteiger partial charge < -0.3 is 14.8 Å². The van der Waals surface area contributed by atoms with Crippen molar-refractivity contribution in [2.24, 2.45) is 5.10 Å². The number of hydrazone groups is 1. The van der Waals surface area contributed by atoms with E-state index in [-0.39, 0.29) is 6.42 Å². The highest BCUT2D eigenvalue weighted by atomic mass is 16.5. The lowest BCUT2D eigenvalue weighted by atomic mass is 10.1. The van der Waals surface area contributed by atoms with Crippen LogP contribution in [0, 0.1) is 0 Å². The molecular formula is C27H29N3O4. The number of carbonyl (C=O) groups excluding carboxylic acids is 2. The molecule has 0 spiro atoms. The Morgan fingerprint density at radius 2 is 1.65 bits per heavy atom. The summed E-state index contributed by atoms with van der Waals surface area (Å²) in [6.07, 6.45) is 1.95. The van der Waals surface area contributed by atoms with Crippen LogP contribution in [0.1, 0.15) is 37.0 Å². The van der Waals surface area contributed by atoms with Crippen LogP contribution in [-0.2, 0) is 22.6 Å². The summed E-state index contributed by atoms with van der Waals surface area (Å²) in [5.74, 6) is 0.307. The Balaban J connectivity index is 1.54. The van der Waals surface area contributed by atoms with E-state index in [1.54, 1.807) is 12.1 Å². The number of para-hydroxylation sites is 1. The molecule has 0 aromatic heterocycles. The number of ether oxygens (including phenoxy) is 2. The molecule has 0 unspecified atom stereocenters. The summed E-state index contributed by atoms with van der Waals surface area (Å²) in [6.45, 7) is 4.81. The van der Waals surface area contributed by atoms with E-state index in [0.29, 0.717) is 30.4 Å². The van der Waals surface area contributed by atoms with E-state index in [0.717, 1.165) is 23.1 Å². The summed E-state index contributed by atoms with van der Waals surface area (Å²) >= 11 is 0. The number of nitrogens with one attached hydrogen (secondary N) is 2. The Morgan fingerprint density at radius 3 is 2.41 bits per heavy atom. The third-order valence-corrected chi connectivity index (χ3v) is 4.90. The topological polar surface area (TPSA) is 89.0 Å². The summed E-state index contributed by atoms with van der Waals surface area (Å²) in [7, 11) is 0. The smallest absolute Gasteiger partial charge is 0.249 e. The Kier molecular flexibility index (Phi) is 9.22. The Labute approximate surface area is 199 Å². The first kappa shape index (κ1) is 24.5. The van der Waals surface area contributed by atoms with E-state index in [4.69, 9.17) is 9.47 Å². The molecule has 2 N–H and O–H groups in total. The number of benzene rings is 3. The Morgan fingerprint density at radius 1 is 0.882 bits per heavy atom. The van der Waals surface area contributed by atoms with E-state index < -0.39 is 11.8 Å². The third-order valence-electron chi connectivity index (χ3n) is 4.90. The maximum atomic E-state index is 12.2. The van der Waals surface area contributed by atoms with Crippen LogP contribution in [0.4, 0.5) is 5.69 Å². The number of anilines is 1. The second-order valence-electron chi connectivity index (χ2n) is 7.44. The number of aryl methyl sites for hydroxylation is 1. The van der Waals surface area contributed by atoms with Gasteiger partial charge >= 0.3 is 0 Å². The average molecular weight is 460 g/mol. The number of rotatable bonds is 11. The normalized spacial score (nSPS) is 10.6. The largest absolute Gasteiger partial charge is 0.490 e. The van der Waals surface area contributed by atoms with Crippen molar-refractivity contribution < 1.29 is 19.1 Å². The maximum absolute atomic E-state index is 12.2. The molecular weight excluding hydrogens is 430 g/mol. The fourth-order valence-corrected chi connectivity index (χ4v) is 3.24. The first-order chi connectivity index (χ1) is 16.6. The van der Waals surface area contributed by atoms with Crippen LogP contribution in [0.2, 0.25) is 0 Å². The highest BCUT2D eigenvalue weighted by Gasteiger charge is 2.11. The van der Waals surface area contributed by atoms with Gasteiger partial charge in [0.1, 0.15) is 13.0 Å². The van der Waals surface area contributed by atoms with Crippen molar-refractivity contribution in [2.45, 2.75) is 33.3 Å². The second kappa shape index (κ2) is 12.8. The zero-order valence-corrected chi connectivity index (χ0v) is 19.4. The number of hydrogen-bond donors (Lipinski definition) is 2. The molecule has 2 amide bonds. The average Bonchev–Trinajstić information content (AvgIpc) is 2.84. The van der Waals surface area contributed by atoms with Crippen LogP contribution >= 0.6 is 0 Å². The first-order valence-electron chi connectivity index (χ1n) is 11.2. The molecule has 34 heavy (non-hydrogen) atoms. The molecule has 0 aliphatic heterocycles. The maximum Gasteiger partial charge on any atom is 0.249 e. The van der Waals surface area contributed by atoms with Gasteiger partial charge in [-0.15, -0.1) is 0 Å². The lowest BCUT2D eigenvalue weighted by Crippen LogP contribution is -2.25. The minimum absolute atomic E-state index is 0.328. The van der Waals surface area contributed by atoms with Crippen LogP contribution < -0.4 is 20.2 Å². The van der Waals surface area contributed by atoms with E-state index in [2.05, 4.69) is 15.8 Å². The van der Waals surface area contributed by atoms with Crippen molar-refractivity contribution in [1.82, 2.24) is 5.43 Å². The quantitative estimate of drug-likeness (QED) is 0.247. The minimum atomic E-state index is -0.504. The van der Waals surface area contributed by atoms with Crippen molar-refractivity contribution >= 4 is 23.7 Å². The fraction of sp³-hybridized carbons (Fsp3) is 0.222. The van der Waals surface area contributed by atoms with Gasteiger partial charge in [0, 0.05) is 5.69 Å². The van der Waals surface area contributed by atoms with Crippen LogP contribution in [0.3, 0.4) is 0 Å². The van der Waals surface area contributed by atoms with E-state index in [1.807, 2.05) is 74.5 Å². The van der Waals surface area contributed by atoms with Crippen molar-refractivity contribution in [2.75, 3.05) is 11.9 Å². The molecule has 0 aliphatic carbocycles. The first-order valence-corrected chi connectivity index (χ1v) is 11.2. The number of amides is 2. The summed E-state index contributed by atoms with van der Waals surface area (Å²) in [5, 5.41) is 6.73. The van der Waals surface area contributed by atoms with Crippen molar-refractivity contribution in [1.29, 1.82) is 0 Å². The van der Waals surface area contributed by atoms with Crippen molar-refractivity contribution in [3.05, 3.63) is 89.5 Å². The van der Waals surface area contributed by atoms with Crippen LogP contribution in [0.5, 0.6) is 11.5 Å². The molecule has 3 rings (SSSR count). The van der Waals surface area contributed by atoms with Gasteiger partial charge in [-0.1, -0.05) is 55.5 Å². The van der Waals surface area contributed by atoms with Crippen molar-refractivity contribution in [3.63, 3.8) is 0 Å². The molecule has 0 heterocycles. The molecule has 0 bridgehead atoms. The van der Waals surface area contributed by atoms with Gasteiger partial charge in [0.25, 0.3) is 0 Å². The predicted octanol–water partition coefficient (Wildman–Crippen LogP) is 4.71. The molecule has 7 heteroatoms. The lowest BCUT2D eigenvalue weighted by Gasteiger charge is -2.12. The highest BCUT2D eigenvalue weighted by molar-refractivity contribution is 6.04. The van der Waals surface area contributed by atoms with Crippen molar-refractivity contribution in [3.8, 4) is 11.5 Å². The number of carbonyl (C=O) groups is 2. The van der Waals surface area contributed by atoms with Gasteiger partial charge in [-0.3, -0.25) is 9.59 Å². The fourth-order valence-electron chi connectivity index (χ4n) is 3.24. The molecule has 7 nitrogen and oxygen atoms in total. The second-order valence-corrected chi connectivity index (χ2v) is 7.44. The summed E-state index contributed by atoms with van der Waals surface area (Å²) in [6, 6.07) is 22.8. The van der Waals surface area contributed by atoms with Crippen LogP contribution in [0.15, 0.2) is 77.9 Å². The lowest BCUT2D eigenvalue weighted by molar-refractivity contribution is -0.126. The summed E-state index contributed by atoms with van der Waals surface area (Å²) in [5.41, 5.74) is 5.88. The van der Waals surface area contributed by atoms with Gasteiger partial charge in [-0.25, -0.2) is 5.43 Å². The molecule has 0 saturated heterocycles. The molecule has 0 fully saturated rings. The molecule has 0 radical (unpaired) electrons. The molecule has 0 saturated carbocycles. The van der Waals surface area contributed by atoms with Crippen LogP contribution in [0.25, 0.3) is 0 Å². The monoisotopic (exact) mass is 459 g/mol. The number of nitrogens with zero attached hydrogens (tertiary/aromatic N) is 1. The molecule has 0 atom stereocenters. The van der Waals surface area contributed by atoms with Crippen LogP contribution in [-0.4, -0.2) is 24.6 Å². The van der Waals surface area contributed by atoms with E-state index in [1.165, 1.54) is 6.21 Å². The minimum Gasteiger partial charge on any atom is -0.490 e. The molecule has 3 aromatic rings. The predicted molar refractivity (Wildman–Crippen MR) is 133 cm³/mol. The Hall–Kier alpha value is -4.13. The molecule has 3 aromatic carbocycles.